The maximum Gasteiger partial charge on any atom is 0.234 e. The highest BCUT2D eigenvalue weighted by Gasteiger charge is 2.14. The van der Waals surface area contributed by atoms with Crippen molar-refractivity contribution in [3.8, 4) is 5.69 Å². The molecule has 1 aliphatic heterocycles. The van der Waals surface area contributed by atoms with E-state index in [1.54, 1.807) is 6.33 Å². The second-order valence-electron chi connectivity index (χ2n) is 7.33. The summed E-state index contributed by atoms with van der Waals surface area (Å²) in [5, 5.41) is 11.9. The Morgan fingerprint density at radius 1 is 1.07 bits per heavy atom. The van der Waals surface area contributed by atoms with Crippen molar-refractivity contribution < 1.29 is 4.79 Å². The molecule has 1 fully saturated rings. The largest absolute Gasteiger partial charge is 0.371 e. The van der Waals surface area contributed by atoms with Gasteiger partial charge < -0.3 is 10.2 Å². The van der Waals surface area contributed by atoms with Crippen LogP contribution < -0.4 is 10.2 Å². The van der Waals surface area contributed by atoms with E-state index >= 15 is 0 Å². The molecule has 0 bridgehead atoms. The van der Waals surface area contributed by atoms with Gasteiger partial charge in [0.1, 0.15) is 6.33 Å². The van der Waals surface area contributed by atoms with Gasteiger partial charge in [-0.1, -0.05) is 23.9 Å². The number of benzene rings is 2. The molecule has 0 spiro atoms. The van der Waals surface area contributed by atoms with E-state index in [4.69, 9.17) is 0 Å². The average molecular weight is 408 g/mol. The number of rotatable bonds is 6. The highest BCUT2D eigenvalue weighted by molar-refractivity contribution is 7.99. The summed E-state index contributed by atoms with van der Waals surface area (Å²) in [4.78, 5) is 14.8. The van der Waals surface area contributed by atoms with Crippen LogP contribution in [0.2, 0.25) is 0 Å². The fourth-order valence-electron chi connectivity index (χ4n) is 3.46. The monoisotopic (exact) mass is 407 g/mol. The Morgan fingerprint density at radius 3 is 2.69 bits per heavy atom. The van der Waals surface area contributed by atoms with E-state index < -0.39 is 0 Å². The van der Waals surface area contributed by atoms with Crippen LogP contribution in [0.15, 0.2) is 53.9 Å². The van der Waals surface area contributed by atoms with Gasteiger partial charge >= 0.3 is 0 Å². The van der Waals surface area contributed by atoms with Crippen LogP contribution in [0.3, 0.4) is 0 Å². The van der Waals surface area contributed by atoms with Gasteiger partial charge in [0.15, 0.2) is 5.16 Å². The van der Waals surface area contributed by atoms with E-state index in [0.717, 1.165) is 24.5 Å². The predicted octanol–water partition coefficient (Wildman–Crippen LogP) is 4.22. The summed E-state index contributed by atoms with van der Waals surface area (Å²) in [6.45, 7) is 6.34. The molecule has 7 heteroatoms. The molecule has 6 nitrogen and oxygen atoms in total. The molecule has 0 radical (unpaired) electrons. The minimum atomic E-state index is -0.0526. The van der Waals surface area contributed by atoms with Crippen LogP contribution in [0.1, 0.15) is 24.0 Å². The first-order valence-electron chi connectivity index (χ1n) is 9.85. The molecule has 0 aliphatic carbocycles. The van der Waals surface area contributed by atoms with Gasteiger partial charge in [0.25, 0.3) is 0 Å². The first-order valence-corrected chi connectivity index (χ1v) is 10.8. The summed E-state index contributed by atoms with van der Waals surface area (Å²) >= 11 is 1.38. The van der Waals surface area contributed by atoms with Crippen LogP contribution >= 0.6 is 11.8 Å². The van der Waals surface area contributed by atoms with Gasteiger partial charge in [0, 0.05) is 30.2 Å². The number of anilines is 2. The minimum absolute atomic E-state index is 0.0526. The van der Waals surface area contributed by atoms with Crippen molar-refractivity contribution in [2.24, 2.45) is 0 Å². The lowest BCUT2D eigenvalue weighted by Crippen LogP contribution is -2.18. The lowest BCUT2D eigenvalue weighted by Gasteiger charge is -2.18. The number of thioether (sulfide) groups is 1. The molecule has 4 rings (SSSR count). The van der Waals surface area contributed by atoms with Crippen molar-refractivity contribution in [2.45, 2.75) is 31.8 Å². The van der Waals surface area contributed by atoms with Crippen molar-refractivity contribution in [1.29, 1.82) is 0 Å². The van der Waals surface area contributed by atoms with Crippen LogP contribution in [0.4, 0.5) is 11.4 Å². The summed E-state index contributed by atoms with van der Waals surface area (Å²) in [6, 6.07) is 14.3. The zero-order chi connectivity index (χ0) is 20.2. The van der Waals surface area contributed by atoms with Crippen molar-refractivity contribution in [1.82, 2.24) is 14.8 Å². The van der Waals surface area contributed by atoms with Gasteiger partial charge in [-0.3, -0.25) is 9.36 Å². The minimum Gasteiger partial charge on any atom is -0.371 e. The SMILES string of the molecule is Cc1ccc(-n2cnnc2SCC(=O)Nc2cccc(N3CCCC3)c2)cc1C. The van der Waals surface area contributed by atoms with E-state index in [0.29, 0.717) is 5.16 Å². The molecule has 0 atom stereocenters. The molecule has 2 aromatic carbocycles. The Bertz CT molecular complexity index is 1010. The van der Waals surface area contributed by atoms with Crippen molar-refractivity contribution in [3.05, 3.63) is 59.9 Å². The van der Waals surface area contributed by atoms with Gasteiger partial charge in [-0.25, -0.2) is 0 Å². The normalized spacial score (nSPS) is 13.7. The van der Waals surface area contributed by atoms with E-state index in [1.165, 1.54) is 41.4 Å². The van der Waals surface area contributed by atoms with Gasteiger partial charge in [0.05, 0.1) is 5.75 Å². The number of nitrogens with zero attached hydrogens (tertiary/aromatic N) is 4. The zero-order valence-corrected chi connectivity index (χ0v) is 17.6. The molecule has 150 valence electrons. The van der Waals surface area contributed by atoms with E-state index in [2.05, 4.69) is 52.5 Å². The molecule has 0 unspecified atom stereocenters. The number of nitrogens with one attached hydrogen (secondary N) is 1. The smallest absolute Gasteiger partial charge is 0.234 e. The van der Waals surface area contributed by atoms with Crippen molar-refractivity contribution in [2.75, 3.05) is 29.1 Å². The lowest BCUT2D eigenvalue weighted by molar-refractivity contribution is -0.113. The highest BCUT2D eigenvalue weighted by Crippen LogP contribution is 2.24. The third-order valence-corrected chi connectivity index (χ3v) is 6.16. The van der Waals surface area contributed by atoms with Gasteiger partial charge in [0.2, 0.25) is 5.91 Å². The standard InChI is InChI=1S/C22H25N5OS/c1-16-8-9-20(12-17(16)2)27-15-23-25-22(27)29-14-21(28)24-18-6-5-7-19(13-18)26-10-3-4-11-26/h5-9,12-13,15H,3-4,10-11,14H2,1-2H3,(H,24,28). The van der Waals surface area contributed by atoms with E-state index in [-0.39, 0.29) is 11.7 Å². The maximum atomic E-state index is 12.5. The summed E-state index contributed by atoms with van der Waals surface area (Å²) in [5.74, 6) is 0.223. The summed E-state index contributed by atoms with van der Waals surface area (Å²) in [6.07, 6.45) is 4.15. The van der Waals surface area contributed by atoms with Crippen LogP contribution in [-0.4, -0.2) is 39.5 Å². The second-order valence-corrected chi connectivity index (χ2v) is 8.28. The van der Waals surface area contributed by atoms with Crippen molar-refractivity contribution >= 4 is 29.0 Å². The quantitative estimate of drug-likeness (QED) is 0.620. The summed E-state index contributed by atoms with van der Waals surface area (Å²) in [7, 11) is 0. The zero-order valence-electron chi connectivity index (χ0n) is 16.8. The van der Waals surface area contributed by atoms with E-state index in [9.17, 15) is 4.79 Å². The fourth-order valence-corrected chi connectivity index (χ4v) is 4.19. The number of aryl methyl sites for hydroxylation is 2. The number of hydrogen-bond donors (Lipinski definition) is 1. The first-order chi connectivity index (χ1) is 14.1. The summed E-state index contributed by atoms with van der Waals surface area (Å²) < 4.78 is 1.92. The van der Waals surface area contributed by atoms with E-state index in [1.807, 2.05) is 28.8 Å². The summed E-state index contributed by atoms with van der Waals surface area (Å²) in [5.41, 5.74) is 5.45. The number of aromatic nitrogens is 3. The van der Waals surface area contributed by atoms with Crippen molar-refractivity contribution in [3.63, 3.8) is 0 Å². The second kappa shape index (κ2) is 8.69. The number of hydrogen-bond acceptors (Lipinski definition) is 5. The van der Waals surface area contributed by atoms with Gasteiger partial charge in [-0.15, -0.1) is 10.2 Å². The molecule has 3 aromatic rings. The Labute approximate surface area is 175 Å². The highest BCUT2D eigenvalue weighted by atomic mass is 32.2. The van der Waals surface area contributed by atoms with Crippen LogP contribution in [-0.2, 0) is 4.79 Å². The molecule has 1 amide bonds. The van der Waals surface area contributed by atoms with Gasteiger partial charge in [-0.2, -0.15) is 0 Å². The molecule has 1 N–H and O–H groups in total. The Morgan fingerprint density at radius 2 is 1.90 bits per heavy atom. The van der Waals surface area contributed by atoms with Crippen LogP contribution in [0.25, 0.3) is 5.69 Å². The number of carbonyl (C=O) groups is 1. The predicted molar refractivity (Wildman–Crippen MR) is 118 cm³/mol. The third-order valence-electron chi connectivity index (χ3n) is 5.22. The van der Waals surface area contributed by atoms with Gasteiger partial charge in [-0.05, 0) is 68.1 Å². The lowest BCUT2D eigenvalue weighted by atomic mass is 10.1. The first kappa shape index (κ1) is 19.5. The number of amides is 1. The Kier molecular flexibility index (Phi) is 5.85. The fraction of sp³-hybridized carbons (Fsp3) is 0.318. The molecule has 1 saturated heterocycles. The molecule has 1 aliphatic rings. The molecular weight excluding hydrogens is 382 g/mol. The third kappa shape index (κ3) is 4.62. The molecule has 2 heterocycles. The topological polar surface area (TPSA) is 63.1 Å². The number of carbonyl (C=O) groups excluding carboxylic acids is 1. The van der Waals surface area contributed by atoms with Crippen LogP contribution in [0, 0.1) is 13.8 Å². The molecule has 0 saturated carbocycles. The maximum absolute atomic E-state index is 12.5. The molecule has 1 aromatic heterocycles. The van der Waals surface area contributed by atoms with Crippen LogP contribution in [0.5, 0.6) is 0 Å². The average Bonchev–Trinajstić information content (AvgIpc) is 3.41. The molecule has 29 heavy (non-hydrogen) atoms. The Hall–Kier alpha value is -2.80. The Balaban J connectivity index is 1.39. The molecular formula is C22H25N5OS.